The third-order valence-corrected chi connectivity index (χ3v) is 4.37. The number of imidazole rings is 1. The molecule has 0 radical (unpaired) electrons. The summed E-state index contributed by atoms with van der Waals surface area (Å²) in [6.07, 6.45) is 1.05. The van der Waals surface area contributed by atoms with Crippen LogP contribution in [-0.2, 0) is 6.54 Å². The molecule has 4 aromatic rings. The van der Waals surface area contributed by atoms with E-state index in [4.69, 9.17) is 19.8 Å². The van der Waals surface area contributed by atoms with E-state index in [1.54, 1.807) is 36.5 Å². The van der Waals surface area contributed by atoms with Crippen molar-refractivity contribution in [3.8, 4) is 28.9 Å². The van der Waals surface area contributed by atoms with Gasteiger partial charge < -0.3 is 25.1 Å². The number of hydrogen-bond donors (Lipinski definition) is 2. The second-order valence-electron chi connectivity index (χ2n) is 8.03. The highest BCUT2D eigenvalue weighted by Gasteiger charge is 2.19. The van der Waals surface area contributed by atoms with Crippen molar-refractivity contribution < 1.29 is 18.9 Å². The molecular weight excluding hydrogens is 414 g/mol. The van der Waals surface area contributed by atoms with Gasteiger partial charge >= 0.3 is 6.09 Å². The van der Waals surface area contributed by atoms with Crippen molar-refractivity contribution in [3.05, 3.63) is 36.5 Å². The van der Waals surface area contributed by atoms with Crippen molar-refractivity contribution in [1.29, 1.82) is 0 Å². The zero-order valence-corrected chi connectivity index (χ0v) is 18.1. The smallest absolute Gasteiger partial charge is 0.413 e. The van der Waals surface area contributed by atoms with Crippen molar-refractivity contribution in [2.75, 3.05) is 5.73 Å². The number of fused-ring (bicyclic) bond motifs is 1. The molecule has 0 saturated carbocycles. The van der Waals surface area contributed by atoms with Crippen LogP contribution in [0.25, 0.3) is 22.6 Å². The lowest BCUT2D eigenvalue weighted by molar-refractivity contribution is 0.190. The van der Waals surface area contributed by atoms with Gasteiger partial charge in [0.15, 0.2) is 17.3 Å². The van der Waals surface area contributed by atoms with Gasteiger partial charge in [-0.15, -0.1) is 0 Å². The van der Waals surface area contributed by atoms with Crippen molar-refractivity contribution in [2.24, 2.45) is 0 Å². The Labute approximate surface area is 183 Å². The number of nitrogens with zero attached hydrogens (tertiary/aromatic N) is 5. The molecule has 11 heteroatoms. The Balaban J connectivity index is 1.59. The van der Waals surface area contributed by atoms with Gasteiger partial charge in [-0.05, 0) is 50.1 Å². The number of rotatable bonds is 5. The van der Waals surface area contributed by atoms with Gasteiger partial charge in [0.1, 0.15) is 17.0 Å². The van der Waals surface area contributed by atoms with Crippen molar-refractivity contribution >= 4 is 22.9 Å². The molecule has 3 heterocycles. The monoisotopic (exact) mass is 437 g/mol. The number of amides is 1. The Bertz CT molecular complexity index is 1270. The zero-order valence-electron chi connectivity index (χ0n) is 18.1. The summed E-state index contributed by atoms with van der Waals surface area (Å²) in [5, 5.41) is 10.2. The number of ether oxygens (including phenoxy) is 2. The standard InChI is InChI=1S/C21H23N7O4/c1-5-28-15-10-16(23-11-14(15)24-19(28)17-18(22)27-32-26-17)30-12-7-6-8-13(9-12)31-20(29)25-21(2,3)4/h6-11H,5H2,1-4H3,(H2,22,27)(H,25,29). The summed E-state index contributed by atoms with van der Waals surface area (Å²) < 4.78 is 17.8. The third kappa shape index (κ3) is 4.46. The predicted molar refractivity (Wildman–Crippen MR) is 116 cm³/mol. The van der Waals surface area contributed by atoms with Crippen molar-refractivity contribution in [3.63, 3.8) is 0 Å². The lowest BCUT2D eigenvalue weighted by atomic mass is 10.1. The molecule has 1 aromatic carbocycles. The van der Waals surface area contributed by atoms with E-state index in [-0.39, 0.29) is 5.82 Å². The number of nitrogens with one attached hydrogen (secondary N) is 1. The summed E-state index contributed by atoms with van der Waals surface area (Å²) in [5.74, 6) is 1.85. The fraction of sp³-hybridized carbons (Fsp3) is 0.286. The van der Waals surface area contributed by atoms with Crippen LogP contribution >= 0.6 is 0 Å². The number of nitrogens with two attached hydrogens (primary N) is 1. The number of benzene rings is 1. The minimum Gasteiger partial charge on any atom is -0.439 e. The summed E-state index contributed by atoms with van der Waals surface area (Å²) in [6.45, 7) is 8.19. The number of carbonyl (C=O) groups is 1. The number of hydrogen-bond acceptors (Lipinski definition) is 9. The first-order valence-corrected chi connectivity index (χ1v) is 9.96. The Morgan fingerprint density at radius 2 is 2.00 bits per heavy atom. The second kappa shape index (κ2) is 8.17. The van der Waals surface area contributed by atoms with Crippen LogP contribution in [0.1, 0.15) is 27.7 Å². The maximum Gasteiger partial charge on any atom is 0.413 e. The highest BCUT2D eigenvalue weighted by atomic mass is 16.6. The van der Waals surface area contributed by atoms with E-state index in [2.05, 4.69) is 25.6 Å². The molecule has 0 fully saturated rings. The molecule has 3 aromatic heterocycles. The predicted octanol–water partition coefficient (Wildman–Crippen LogP) is 3.76. The Hall–Kier alpha value is -4.15. The molecule has 32 heavy (non-hydrogen) atoms. The third-order valence-electron chi connectivity index (χ3n) is 4.37. The highest BCUT2D eigenvalue weighted by molar-refractivity contribution is 5.81. The van der Waals surface area contributed by atoms with E-state index in [9.17, 15) is 4.79 Å². The average Bonchev–Trinajstić information content (AvgIpc) is 3.29. The summed E-state index contributed by atoms with van der Waals surface area (Å²) in [4.78, 5) is 20.9. The van der Waals surface area contributed by atoms with Crippen molar-refractivity contribution in [2.45, 2.75) is 39.8 Å². The first-order chi connectivity index (χ1) is 15.2. The Morgan fingerprint density at radius 3 is 2.69 bits per heavy atom. The van der Waals surface area contributed by atoms with Crippen LogP contribution in [0.15, 0.2) is 41.2 Å². The quantitative estimate of drug-likeness (QED) is 0.477. The van der Waals surface area contributed by atoms with Gasteiger partial charge in [-0.2, -0.15) is 0 Å². The number of aromatic nitrogens is 5. The molecular formula is C21H23N7O4. The Kier molecular flexibility index (Phi) is 5.39. The molecule has 0 spiro atoms. The zero-order chi connectivity index (χ0) is 22.9. The molecule has 11 nitrogen and oxygen atoms in total. The first-order valence-electron chi connectivity index (χ1n) is 9.96. The maximum absolute atomic E-state index is 12.0. The number of pyridine rings is 1. The van der Waals surface area contributed by atoms with E-state index in [1.807, 2.05) is 32.3 Å². The van der Waals surface area contributed by atoms with Crippen LogP contribution in [0.5, 0.6) is 17.4 Å². The lowest BCUT2D eigenvalue weighted by Crippen LogP contribution is -2.42. The van der Waals surface area contributed by atoms with Gasteiger partial charge in [0, 0.05) is 24.2 Å². The molecule has 0 bridgehead atoms. The van der Waals surface area contributed by atoms with Gasteiger partial charge in [-0.3, -0.25) is 0 Å². The molecule has 166 valence electrons. The highest BCUT2D eigenvalue weighted by Crippen LogP contribution is 2.30. The van der Waals surface area contributed by atoms with Crippen LogP contribution in [0.2, 0.25) is 0 Å². The first kappa shape index (κ1) is 21.1. The van der Waals surface area contributed by atoms with Crippen LogP contribution in [0.3, 0.4) is 0 Å². The fourth-order valence-electron chi connectivity index (χ4n) is 3.08. The van der Waals surface area contributed by atoms with Gasteiger partial charge in [0.05, 0.1) is 11.7 Å². The molecule has 0 atom stereocenters. The largest absolute Gasteiger partial charge is 0.439 e. The minimum absolute atomic E-state index is 0.159. The van der Waals surface area contributed by atoms with Crippen LogP contribution in [0, 0.1) is 0 Å². The number of anilines is 1. The summed E-state index contributed by atoms with van der Waals surface area (Å²) in [5.41, 5.74) is 7.22. The normalized spacial score (nSPS) is 11.5. The average molecular weight is 437 g/mol. The number of nitrogen functional groups attached to an aromatic ring is 1. The van der Waals surface area contributed by atoms with E-state index >= 15 is 0 Å². The minimum atomic E-state index is -0.546. The van der Waals surface area contributed by atoms with E-state index in [1.165, 1.54) is 0 Å². The maximum atomic E-state index is 12.0. The van der Waals surface area contributed by atoms with Crippen LogP contribution in [0.4, 0.5) is 10.6 Å². The van der Waals surface area contributed by atoms with Crippen LogP contribution < -0.4 is 20.5 Å². The molecule has 0 saturated heterocycles. The molecule has 4 rings (SSSR count). The van der Waals surface area contributed by atoms with Gasteiger partial charge in [0.25, 0.3) is 0 Å². The van der Waals surface area contributed by atoms with Crippen LogP contribution in [-0.4, -0.2) is 36.5 Å². The molecule has 0 aliphatic carbocycles. The summed E-state index contributed by atoms with van der Waals surface area (Å²) in [7, 11) is 0. The summed E-state index contributed by atoms with van der Waals surface area (Å²) >= 11 is 0. The number of aryl methyl sites for hydroxylation is 1. The molecule has 1 amide bonds. The second-order valence-corrected chi connectivity index (χ2v) is 8.03. The lowest BCUT2D eigenvalue weighted by Gasteiger charge is -2.19. The van der Waals surface area contributed by atoms with Gasteiger partial charge in [-0.25, -0.2) is 19.4 Å². The van der Waals surface area contributed by atoms with Crippen molar-refractivity contribution in [1.82, 2.24) is 30.2 Å². The molecule has 0 aliphatic rings. The van der Waals surface area contributed by atoms with E-state index in [0.29, 0.717) is 41.0 Å². The van der Waals surface area contributed by atoms with Gasteiger partial charge in [-0.1, -0.05) is 6.07 Å². The van der Waals surface area contributed by atoms with E-state index in [0.717, 1.165) is 5.52 Å². The molecule has 0 aliphatic heterocycles. The fourth-order valence-corrected chi connectivity index (χ4v) is 3.08. The SMILES string of the molecule is CCn1c(-c2nonc2N)nc2cnc(Oc3cccc(OC(=O)NC(C)(C)C)c3)cc21. The van der Waals surface area contributed by atoms with E-state index < -0.39 is 11.6 Å². The van der Waals surface area contributed by atoms with Gasteiger partial charge in [0.2, 0.25) is 5.88 Å². The summed E-state index contributed by atoms with van der Waals surface area (Å²) in [6, 6.07) is 8.50. The topological polar surface area (TPSA) is 143 Å². The molecule has 3 N–H and O–H groups in total. The number of carbonyl (C=O) groups excluding carboxylic acids is 1. The Morgan fingerprint density at radius 1 is 1.22 bits per heavy atom. The molecule has 0 unspecified atom stereocenters.